The standard InChI is InChI=1S/C17H24N2O6S/c1-12(2)19-16(20)11-25-17(21)13-5-3-7-15(9-13)26(22,23)18-10-14-6-4-8-24-14/h3,5,7,9,12,14,18H,4,6,8,10-11H2,1-2H3,(H,19,20)/t14-/m0/s1. The Hall–Kier alpha value is -1.97. The molecule has 2 N–H and O–H groups in total. The van der Waals surface area contributed by atoms with Crippen molar-refractivity contribution in [3.8, 4) is 0 Å². The monoisotopic (exact) mass is 384 g/mol. The van der Waals surface area contributed by atoms with E-state index < -0.39 is 28.5 Å². The normalized spacial score (nSPS) is 17.3. The molecule has 144 valence electrons. The molecule has 0 saturated carbocycles. The molecule has 1 aromatic carbocycles. The van der Waals surface area contributed by atoms with E-state index in [0.29, 0.717) is 6.61 Å². The molecule has 1 aliphatic heterocycles. The van der Waals surface area contributed by atoms with Gasteiger partial charge >= 0.3 is 5.97 Å². The minimum Gasteiger partial charge on any atom is -0.452 e. The first-order valence-corrected chi connectivity index (χ1v) is 9.94. The van der Waals surface area contributed by atoms with E-state index in [1.54, 1.807) is 13.8 Å². The van der Waals surface area contributed by atoms with Crippen LogP contribution in [-0.4, -0.2) is 52.2 Å². The highest BCUT2D eigenvalue weighted by molar-refractivity contribution is 7.89. The summed E-state index contributed by atoms with van der Waals surface area (Å²) in [6.45, 7) is 3.98. The molecule has 1 saturated heterocycles. The fraction of sp³-hybridized carbons (Fsp3) is 0.529. The van der Waals surface area contributed by atoms with Gasteiger partial charge in [-0.2, -0.15) is 0 Å². The van der Waals surface area contributed by atoms with Gasteiger partial charge in [-0.05, 0) is 44.9 Å². The lowest BCUT2D eigenvalue weighted by molar-refractivity contribution is -0.124. The average molecular weight is 384 g/mol. The van der Waals surface area contributed by atoms with Crippen molar-refractivity contribution < 1.29 is 27.5 Å². The quantitative estimate of drug-likeness (QED) is 0.642. The number of benzene rings is 1. The number of amides is 1. The van der Waals surface area contributed by atoms with Gasteiger partial charge in [-0.3, -0.25) is 4.79 Å². The maximum atomic E-state index is 12.4. The zero-order valence-electron chi connectivity index (χ0n) is 14.9. The molecule has 0 radical (unpaired) electrons. The zero-order valence-corrected chi connectivity index (χ0v) is 15.7. The minimum atomic E-state index is -3.77. The van der Waals surface area contributed by atoms with E-state index in [4.69, 9.17) is 9.47 Å². The van der Waals surface area contributed by atoms with Crippen LogP contribution in [0.1, 0.15) is 37.0 Å². The molecule has 0 aliphatic carbocycles. The predicted octanol–water partition coefficient (Wildman–Crippen LogP) is 0.825. The Morgan fingerprint density at radius 1 is 1.35 bits per heavy atom. The number of ether oxygens (including phenoxy) is 2. The first-order chi connectivity index (χ1) is 12.3. The molecule has 1 aliphatic rings. The second kappa shape index (κ2) is 9.11. The second-order valence-electron chi connectivity index (χ2n) is 6.31. The number of rotatable bonds is 8. The summed E-state index contributed by atoms with van der Waals surface area (Å²) in [5.41, 5.74) is 0.0577. The maximum Gasteiger partial charge on any atom is 0.338 e. The van der Waals surface area contributed by atoms with Crippen molar-refractivity contribution in [1.29, 1.82) is 0 Å². The number of nitrogens with one attached hydrogen (secondary N) is 2. The number of hydrogen-bond donors (Lipinski definition) is 2. The zero-order chi connectivity index (χ0) is 19.2. The SMILES string of the molecule is CC(C)NC(=O)COC(=O)c1cccc(S(=O)(=O)NC[C@@H]2CCCO2)c1. The van der Waals surface area contributed by atoms with Gasteiger partial charge in [-0.15, -0.1) is 0 Å². The van der Waals surface area contributed by atoms with E-state index in [2.05, 4.69) is 10.0 Å². The Kier molecular flexibility index (Phi) is 7.13. The van der Waals surface area contributed by atoms with E-state index in [-0.39, 0.29) is 29.1 Å². The van der Waals surface area contributed by atoms with Gasteiger partial charge in [0, 0.05) is 19.2 Å². The van der Waals surface area contributed by atoms with Crippen LogP contribution in [0.2, 0.25) is 0 Å². The molecule has 1 aromatic rings. The van der Waals surface area contributed by atoms with Crippen LogP contribution in [0, 0.1) is 0 Å². The Morgan fingerprint density at radius 3 is 2.77 bits per heavy atom. The summed E-state index contributed by atoms with van der Waals surface area (Å²) in [4.78, 5) is 23.5. The number of hydrogen-bond acceptors (Lipinski definition) is 6. The van der Waals surface area contributed by atoms with E-state index in [1.165, 1.54) is 24.3 Å². The first kappa shape index (κ1) is 20.3. The molecule has 0 bridgehead atoms. The Balaban J connectivity index is 1.97. The van der Waals surface area contributed by atoms with Gasteiger partial charge in [0.05, 0.1) is 16.6 Å². The number of carbonyl (C=O) groups excluding carboxylic acids is 2. The summed E-state index contributed by atoms with van der Waals surface area (Å²) in [7, 11) is -3.77. The molecule has 1 fully saturated rings. The van der Waals surface area contributed by atoms with Gasteiger partial charge in [0.2, 0.25) is 10.0 Å². The summed E-state index contributed by atoms with van der Waals surface area (Å²) in [5.74, 6) is -1.18. The van der Waals surface area contributed by atoms with Gasteiger partial charge in [0.15, 0.2) is 6.61 Å². The predicted molar refractivity (Wildman–Crippen MR) is 94.2 cm³/mol. The average Bonchev–Trinajstić information content (AvgIpc) is 3.11. The highest BCUT2D eigenvalue weighted by atomic mass is 32.2. The molecule has 2 rings (SSSR count). The topological polar surface area (TPSA) is 111 Å². The number of sulfonamides is 1. The van der Waals surface area contributed by atoms with Crippen molar-refractivity contribution in [1.82, 2.24) is 10.0 Å². The molecule has 8 nitrogen and oxygen atoms in total. The molecule has 0 unspecified atom stereocenters. The third-order valence-electron chi connectivity index (χ3n) is 3.69. The van der Waals surface area contributed by atoms with Crippen molar-refractivity contribution >= 4 is 21.9 Å². The van der Waals surface area contributed by atoms with E-state index in [1.807, 2.05) is 0 Å². The van der Waals surface area contributed by atoms with Crippen molar-refractivity contribution in [2.45, 2.75) is 43.7 Å². The molecule has 0 aromatic heterocycles. The van der Waals surface area contributed by atoms with Gasteiger partial charge in [-0.1, -0.05) is 6.07 Å². The lowest BCUT2D eigenvalue weighted by atomic mass is 10.2. The van der Waals surface area contributed by atoms with E-state index in [0.717, 1.165) is 12.8 Å². The second-order valence-corrected chi connectivity index (χ2v) is 8.08. The third kappa shape index (κ3) is 6.08. The van der Waals surface area contributed by atoms with Gasteiger partial charge in [0.25, 0.3) is 5.91 Å². The maximum absolute atomic E-state index is 12.4. The minimum absolute atomic E-state index is 0.0448. The summed E-state index contributed by atoms with van der Waals surface area (Å²) in [6.07, 6.45) is 1.60. The van der Waals surface area contributed by atoms with Gasteiger partial charge < -0.3 is 14.8 Å². The third-order valence-corrected chi connectivity index (χ3v) is 5.11. The molecule has 9 heteroatoms. The Bertz CT molecular complexity index is 741. The summed E-state index contributed by atoms with van der Waals surface area (Å²) in [6, 6.07) is 5.43. The molecule has 1 atom stereocenters. The fourth-order valence-electron chi connectivity index (χ4n) is 2.46. The van der Waals surface area contributed by atoms with Crippen molar-refractivity contribution in [2.75, 3.05) is 19.8 Å². The Morgan fingerprint density at radius 2 is 2.12 bits per heavy atom. The van der Waals surface area contributed by atoms with Crippen LogP contribution in [0.15, 0.2) is 29.2 Å². The lowest BCUT2D eigenvalue weighted by Gasteiger charge is -2.12. The van der Waals surface area contributed by atoms with E-state index in [9.17, 15) is 18.0 Å². The summed E-state index contributed by atoms with van der Waals surface area (Å²) in [5, 5.41) is 2.59. The number of esters is 1. The molecular formula is C17H24N2O6S. The molecule has 1 amide bonds. The molecule has 1 heterocycles. The van der Waals surface area contributed by atoms with Gasteiger partial charge in [-0.25, -0.2) is 17.9 Å². The summed E-state index contributed by atoms with van der Waals surface area (Å²) >= 11 is 0. The van der Waals surface area contributed by atoms with Gasteiger partial charge in [0.1, 0.15) is 0 Å². The van der Waals surface area contributed by atoms with E-state index >= 15 is 0 Å². The van der Waals surface area contributed by atoms with Crippen LogP contribution in [-0.2, 0) is 24.3 Å². The molecule has 26 heavy (non-hydrogen) atoms. The van der Waals surface area contributed by atoms with Crippen LogP contribution < -0.4 is 10.0 Å². The fourth-order valence-corrected chi connectivity index (χ4v) is 3.57. The summed E-state index contributed by atoms with van der Waals surface area (Å²) < 4.78 is 37.5. The van der Waals surface area contributed by atoms with Crippen LogP contribution in [0.4, 0.5) is 0 Å². The van der Waals surface area contributed by atoms with Crippen LogP contribution in [0.5, 0.6) is 0 Å². The van der Waals surface area contributed by atoms with Crippen LogP contribution >= 0.6 is 0 Å². The highest BCUT2D eigenvalue weighted by Crippen LogP contribution is 2.15. The first-order valence-electron chi connectivity index (χ1n) is 8.46. The molecule has 0 spiro atoms. The largest absolute Gasteiger partial charge is 0.452 e. The van der Waals surface area contributed by atoms with Crippen molar-refractivity contribution in [3.63, 3.8) is 0 Å². The van der Waals surface area contributed by atoms with Crippen molar-refractivity contribution in [3.05, 3.63) is 29.8 Å². The smallest absolute Gasteiger partial charge is 0.338 e. The van der Waals surface area contributed by atoms with Crippen LogP contribution in [0.25, 0.3) is 0 Å². The number of carbonyl (C=O) groups is 2. The van der Waals surface area contributed by atoms with Crippen LogP contribution in [0.3, 0.4) is 0 Å². The molecular weight excluding hydrogens is 360 g/mol. The Labute approximate surface area is 153 Å². The van der Waals surface area contributed by atoms with Crippen molar-refractivity contribution in [2.24, 2.45) is 0 Å². The lowest BCUT2D eigenvalue weighted by Crippen LogP contribution is -2.34. The highest BCUT2D eigenvalue weighted by Gasteiger charge is 2.21.